The van der Waals surface area contributed by atoms with Crippen LogP contribution in [0.25, 0.3) is 0 Å². The van der Waals surface area contributed by atoms with Gasteiger partial charge >= 0.3 is 0 Å². The van der Waals surface area contributed by atoms with Crippen molar-refractivity contribution in [3.05, 3.63) is 48.0 Å². The first kappa shape index (κ1) is 19.3. The minimum Gasteiger partial charge on any atom is -0.491 e. The molecule has 0 spiro atoms. The summed E-state index contributed by atoms with van der Waals surface area (Å²) in [7, 11) is 0. The van der Waals surface area contributed by atoms with Crippen LogP contribution < -0.4 is 21.1 Å². The zero-order valence-corrected chi connectivity index (χ0v) is 15.2. The molecule has 0 saturated carbocycles. The molecule has 6 heteroatoms. The summed E-state index contributed by atoms with van der Waals surface area (Å²) in [5.41, 5.74) is 8.79. The van der Waals surface area contributed by atoms with E-state index in [2.05, 4.69) is 10.6 Å². The number of carbonyl (C=O) groups is 2. The van der Waals surface area contributed by atoms with E-state index in [1.54, 1.807) is 18.2 Å². The summed E-state index contributed by atoms with van der Waals surface area (Å²) in [4.78, 5) is 23.4. The normalized spacial score (nSPS) is 10.2. The quantitative estimate of drug-likeness (QED) is 0.498. The first-order valence-corrected chi connectivity index (χ1v) is 8.67. The van der Waals surface area contributed by atoms with E-state index >= 15 is 0 Å². The first-order valence-electron chi connectivity index (χ1n) is 8.67. The molecule has 0 heterocycles. The van der Waals surface area contributed by atoms with Gasteiger partial charge in [0.1, 0.15) is 5.75 Å². The molecule has 0 bridgehead atoms. The first-order chi connectivity index (χ1) is 12.5. The van der Waals surface area contributed by atoms with Crippen LogP contribution >= 0.6 is 0 Å². The molecule has 2 aromatic carbocycles. The molecule has 0 aromatic heterocycles. The van der Waals surface area contributed by atoms with Crippen molar-refractivity contribution in [1.29, 1.82) is 0 Å². The molecule has 0 aliphatic heterocycles. The van der Waals surface area contributed by atoms with Crippen molar-refractivity contribution in [2.75, 3.05) is 23.0 Å². The standard InChI is InChI=1S/C20H25N3O3/c1-3-15-10-11-16(22-14(2)24)13-18(15)23-20(25)9-6-12-26-19-8-5-4-7-17(19)21/h4-5,7-8,10-11,13H,3,6,9,12,21H2,1-2H3,(H,22,24)(H,23,25). The number of nitrogen functional groups attached to an aromatic ring is 1. The predicted octanol–water partition coefficient (Wildman–Crippen LogP) is 3.59. The fourth-order valence-electron chi connectivity index (χ4n) is 2.52. The molecule has 138 valence electrons. The number of amides is 2. The molecule has 2 amide bonds. The second-order valence-corrected chi connectivity index (χ2v) is 5.94. The average molecular weight is 355 g/mol. The van der Waals surface area contributed by atoms with Crippen LogP contribution in [0.5, 0.6) is 5.75 Å². The van der Waals surface area contributed by atoms with Gasteiger partial charge in [-0.2, -0.15) is 0 Å². The highest BCUT2D eigenvalue weighted by Crippen LogP contribution is 2.22. The highest BCUT2D eigenvalue weighted by molar-refractivity contribution is 5.94. The highest BCUT2D eigenvalue weighted by atomic mass is 16.5. The molecule has 0 atom stereocenters. The molecule has 4 N–H and O–H groups in total. The van der Waals surface area contributed by atoms with E-state index in [1.807, 2.05) is 31.2 Å². The largest absolute Gasteiger partial charge is 0.491 e. The Morgan fingerprint density at radius 1 is 1.12 bits per heavy atom. The SMILES string of the molecule is CCc1ccc(NC(C)=O)cc1NC(=O)CCCOc1ccccc1N. The third-order valence-corrected chi connectivity index (χ3v) is 3.81. The monoisotopic (exact) mass is 355 g/mol. The van der Waals surface area contributed by atoms with Gasteiger partial charge in [-0.25, -0.2) is 0 Å². The van der Waals surface area contributed by atoms with Gasteiger partial charge < -0.3 is 21.1 Å². The molecule has 0 saturated heterocycles. The van der Waals surface area contributed by atoms with Gasteiger partial charge in [0.15, 0.2) is 0 Å². The van der Waals surface area contributed by atoms with Gasteiger partial charge in [0.05, 0.1) is 12.3 Å². The van der Waals surface area contributed by atoms with Gasteiger partial charge in [-0.3, -0.25) is 9.59 Å². The Hall–Kier alpha value is -3.02. The number of hydrogen-bond donors (Lipinski definition) is 3. The van der Waals surface area contributed by atoms with Crippen LogP contribution in [0.15, 0.2) is 42.5 Å². The molecule has 2 rings (SSSR count). The van der Waals surface area contributed by atoms with Crippen molar-refractivity contribution < 1.29 is 14.3 Å². The number of para-hydroxylation sites is 2. The van der Waals surface area contributed by atoms with Crippen LogP contribution in [0.3, 0.4) is 0 Å². The van der Waals surface area contributed by atoms with E-state index in [9.17, 15) is 9.59 Å². The molecule has 6 nitrogen and oxygen atoms in total. The number of ether oxygens (including phenoxy) is 1. The molecule has 2 aromatic rings. The highest BCUT2D eigenvalue weighted by Gasteiger charge is 2.08. The Labute approximate surface area is 153 Å². The topological polar surface area (TPSA) is 93.5 Å². The van der Waals surface area contributed by atoms with Crippen LogP contribution in [-0.2, 0) is 16.0 Å². The summed E-state index contributed by atoms with van der Waals surface area (Å²) < 4.78 is 5.59. The van der Waals surface area contributed by atoms with E-state index < -0.39 is 0 Å². The van der Waals surface area contributed by atoms with Crippen LogP contribution in [0, 0.1) is 0 Å². The fraction of sp³-hybridized carbons (Fsp3) is 0.300. The second-order valence-electron chi connectivity index (χ2n) is 5.94. The Bertz CT molecular complexity index is 775. The van der Waals surface area contributed by atoms with E-state index in [-0.39, 0.29) is 11.8 Å². The third-order valence-electron chi connectivity index (χ3n) is 3.81. The van der Waals surface area contributed by atoms with Crippen molar-refractivity contribution in [3.8, 4) is 5.75 Å². The molecule has 26 heavy (non-hydrogen) atoms. The smallest absolute Gasteiger partial charge is 0.224 e. The molecule has 0 fully saturated rings. The molecule has 0 aliphatic carbocycles. The zero-order chi connectivity index (χ0) is 18.9. The summed E-state index contributed by atoms with van der Waals surface area (Å²) in [6.45, 7) is 3.88. The molecule has 0 unspecified atom stereocenters. The summed E-state index contributed by atoms with van der Waals surface area (Å²) in [6, 6.07) is 12.8. The lowest BCUT2D eigenvalue weighted by molar-refractivity contribution is -0.116. The van der Waals surface area contributed by atoms with Gasteiger partial charge in [-0.15, -0.1) is 0 Å². The van der Waals surface area contributed by atoms with Crippen molar-refractivity contribution >= 4 is 28.9 Å². The van der Waals surface area contributed by atoms with E-state index in [4.69, 9.17) is 10.5 Å². The number of rotatable bonds is 8. The fourth-order valence-corrected chi connectivity index (χ4v) is 2.52. The summed E-state index contributed by atoms with van der Waals surface area (Å²) >= 11 is 0. The molecule has 0 radical (unpaired) electrons. The van der Waals surface area contributed by atoms with E-state index in [1.165, 1.54) is 6.92 Å². The van der Waals surface area contributed by atoms with Gasteiger partial charge in [0.2, 0.25) is 11.8 Å². The van der Waals surface area contributed by atoms with Crippen molar-refractivity contribution in [2.24, 2.45) is 0 Å². The van der Waals surface area contributed by atoms with Gasteiger partial charge in [-0.1, -0.05) is 25.1 Å². The lowest BCUT2D eigenvalue weighted by Gasteiger charge is -2.13. The number of anilines is 3. The van der Waals surface area contributed by atoms with Gasteiger partial charge in [-0.05, 0) is 42.7 Å². The van der Waals surface area contributed by atoms with Crippen LogP contribution in [0.4, 0.5) is 17.1 Å². The van der Waals surface area contributed by atoms with Crippen molar-refractivity contribution in [1.82, 2.24) is 0 Å². The second kappa shape index (κ2) is 9.46. The summed E-state index contributed by atoms with van der Waals surface area (Å²) in [6.07, 6.45) is 1.69. The number of aryl methyl sites for hydroxylation is 1. The predicted molar refractivity (Wildman–Crippen MR) is 104 cm³/mol. The van der Waals surface area contributed by atoms with E-state index in [0.29, 0.717) is 36.6 Å². The lowest BCUT2D eigenvalue weighted by atomic mass is 10.1. The minimum atomic E-state index is -0.149. The number of nitrogens with two attached hydrogens (primary N) is 1. The van der Waals surface area contributed by atoms with Crippen LogP contribution in [-0.4, -0.2) is 18.4 Å². The third kappa shape index (κ3) is 5.81. The van der Waals surface area contributed by atoms with Gasteiger partial charge in [0, 0.05) is 24.7 Å². The average Bonchev–Trinajstić information content (AvgIpc) is 2.60. The van der Waals surface area contributed by atoms with Crippen molar-refractivity contribution in [3.63, 3.8) is 0 Å². The maximum absolute atomic E-state index is 12.2. The maximum atomic E-state index is 12.2. The number of benzene rings is 2. The number of nitrogens with one attached hydrogen (secondary N) is 2. The number of carbonyl (C=O) groups excluding carboxylic acids is 2. The summed E-state index contributed by atoms with van der Waals surface area (Å²) in [5.74, 6) is 0.386. The van der Waals surface area contributed by atoms with E-state index in [0.717, 1.165) is 17.7 Å². The molecular formula is C20H25N3O3. The molecular weight excluding hydrogens is 330 g/mol. The lowest BCUT2D eigenvalue weighted by Crippen LogP contribution is -2.15. The maximum Gasteiger partial charge on any atom is 0.224 e. The van der Waals surface area contributed by atoms with Gasteiger partial charge in [0.25, 0.3) is 0 Å². The Morgan fingerprint density at radius 2 is 1.88 bits per heavy atom. The Balaban J connectivity index is 1.86. The van der Waals surface area contributed by atoms with Crippen LogP contribution in [0.1, 0.15) is 32.3 Å². The molecule has 0 aliphatic rings. The summed E-state index contributed by atoms with van der Waals surface area (Å²) in [5, 5.41) is 5.64. The zero-order valence-electron chi connectivity index (χ0n) is 15.2. The van der Waals surface area contributed by atoms with Crippen LogP contribution in [0.2, 0.25) is 0 Å². The minimum absolute atomic E-state index is 0.0932. The number of hydrogen-bond acceptors (Lipinski definition) is 4. The Morgan fingerprint density at radius 3 is 2.58 bits per heavy atom. The Kier molecular flexibility index (Phi) is 7.02. The van der Waals surface area contributed by atoms with Crippen molar-refractivity contribution in [2.45, 2.75) is 33.1 Å².